The van der Waals surface area contributed by atoms with Crippen molar-refractivity contribution in [1.82, 2.24) is 10.2 Å². The van der Waals surface area contributed by atoms with E-state index in [2.05, 4.69) is 16.3 Å². The Kier molecular flexibility index (Phi) is 3.19. The Morgan fingerprint density at radius 3 is 3.19 bits per heavy atom. The van der Waals surface area contributed by atoms with Crippen molar-refractivity contribution in [2.24, 2.45) is 0 Å². The number of aromatic nitrogens is 2. The summed E-state index contributed by atoms with van der Waals surface area (Å²) >= 11 is 0. The van der Waals surface area contributed by atoms with Gasteiger partial charge < -0.3 is 4.74 Å². The van der Waals surface area contributed by atoms with E-state index in [0.717, 1.165) is 24.1 Å². The number of esters is 1. The Balaban J connectivity index is 2.16. The van der Waals surface area contributed by atoms with Gasteiger partial charge in [-0.3, -0.25) is 5.10 Å². The molecule has 4 nitrogen and oxygen atoms in total. The molecule has 0 spiro atoms. The number of hydrogen-bond donors (Lipinski definition) is 1. The number of hydrogen-bond acceptors (Lipinski definition) is 3. The van der Waals surface area contributed by atoms with E-state index < -0.39 is 0 Å². The van der Waals surface area contributed by atoms with Crippen molar-refractivity contribution >= 4 is 11.5 Å². The van der Waals surface area contributed by atoms with Crippen LogP contribution in [0.5, 0.6) is 0 Å². The zero-order chi connectivity index (χ0) is 11.4. The molecule has 0 amide bonds. The molecule has 0 aromatic carbocycles. The second-order valence-corrected chi connectivity index (χ2v) is 3.55. The van der Waals surface area contributed by atoms with Gasteiger partial charge >= 0.3 is 5.97 Å². The van der Waals surface area contributed by atoms with E-state index in [9.17, 15) is 4.79 Å². The fourth-order valence-corrected chi connectivity index (χ4v) is 1.62. The zero-order valence-corrected chi connectivity index (χ0v) is 9.19. The van der Waals surface area contributed by atoms with Crippen LogP contribution in [0.4, 0.5) is 0 Å². The molecular weight excluding hydrogens is 204 g/mol. The number of allylic oxidation sites excluding steroid dienone is 4. The summed E-state index contributed by atoms with van der Waals surface area (Å²) in [6.45, 7) is 2.16. The van der Waals surface area contributed by atoms with E-state index in [4.69, 9.17) is 4.74 Å². The first-order chi connectivity index (χ1) is 7.81. The Morgan fingerprint density at radius 2 is 2.50 bits per heavy atom. The van der Waals surface area contributed by atoms with Gasteiger partial charge in [0.05, 0.1) is 12.3 Å². The van der Waals surface area contributed by atoms with Crippen LogP contribution < -0.4 is 0 Å². The maximum Gasteiger partial charge on any atom is 0.356 e. The highest BCUT2D eigenvalue weighted by molar-refractivity contribution is 5.88. The fourth-order valence-electron chi connectivity index (χ4n) is 1.62. The standard InChI is InChI=1S/C12H14N2O2/c1-2-16-12(15)11-8-10(13-14-11)9-6-4-3-5-7-9/h3-4,6,8H,2,5,7H2,1H3,(H,13,14). The Morgan fingerprint density at radius 1 is 1.62 bits per heavy atom. The number of ether oxygens (including phenoxy) is 1. The molecule has 1 aliphatic carbocycles. The van der Waals surface area contributed by atoms with Gasteiger partial charge in [0.1, 0.15) is 5.69 Å². The molecule has 16 heavy (non-hydrogen) atoms. The van der Waals surface area contributed by atoms with Gasteiger partial charge in [-0.15, -0.1) is 0 Å². The fraction of sp³-hybridized carbons (Fsp3) is 0.333. The molecule has 2 rings (SSSR count). The van der Waals surface area contributed by atoms with Crippen LogP contribution >= 0.6 is 0 Å². The summed E-state index contributed by atoms with van der Waals surface area (Å²) in [5.41, 5.74) is 2.38. The molecule has 0 fully saturated rings. The van der Waals surface area contributed by atoms with Crippen LogP contribution in [0.1, 0.15) is 35.9 Å². The lowest BCUT2D eigenvalue weighted by molar-refractivity contribution is 0.0519. The lowest BCUT2D eigenvalue weighted by Crippen LogP contribution is -2.04. The summed E-state index contributed by atoms with van der Waals surface area (Å²) in [4.78, 5) is 11.4. The van der Waals surface area contributed by atoms with Crippen LogP contribution in [0.3, 0.4) is 0 Å². The lowest BCUT2D eigenvalue weighted by Gasteiger charge is -2.04. The first-order valence-electron chi connectivity index (χ1n) is 5.40. The number of carbonyl (C=O) groups is 1. The van der Waals surface area contributed by atoms with Crippen LogP contribution in [0.25, 0.3) is 5.57 Å². The molecule has 0 bridgehead atoms. The number of nitrogens with one attached hydrogen (secondary N) is 1. The summed E-state index contributed by atoms with van der Waals surface area (Å²) < 4.78 is 4.88. The number of aromatic amines is 1. The first kappa shape index (κ1) is 10.7. The zero-order valence-electron chi connectivity index (χ0n) is 9.19. The van der Waals surface area contributed by atoms with Crippen LogP contribution in [0.2, 0.25) is 0 Å². The molecule has 84 valence electrons. The number of H-pyrrole nitrogens is 1. The number of nitrogens with zero attached hydrogens (tertiary/aromatic N) is 1. The monoisotopic (exact) mass is 218 g/mol. The van der Waals surface area contributed by atoms with E-state index in [1.807, 2.05) is 12.2 Å². The summed E-state index contributed by atoms with van der Waals surface area (Å²) in [7, 11) is 0. The van der Waals surface area contributed by atoms with E-state index in [-0.39, 0.29) is 5.97 Å². The van der Waals surface area contributed by atoms with Crippen molar-refractivity contribution in [3.05, 3.63) is 35.7 Å². The van der Waals surface area contributed by atoms with Crippen molar-refractivity contribution < 1.29 is 9.53 Å². The van der Waals surface area contributed by atoms with Gasteiger partial charge in [0, 0.05) is 0 Å². The maximum atomic E-state index is 11.4. The van der Waals surface area contributed by atoms with Crippen LogP contribution in [0, 0.1) is 0 Å². The molecule has 0 atom stereocenters. The van der Waals surface area contributed by atoms with Gasteiger partial charge in [-0.25, -0.2) is 4.79 Å². The first-order valence-corrected chi connectivity index (χ1v) is 5.40. The smallest absolute Gasteiger partial charge is 0.356 e. The minimum Gasteiger partial charge on any atom is -0.461 e. The van der Waals surface area contributed by atoms with Gasteiger partial charge in [-0.1, -0.05) is 18.2 Å². The van der Waals surface area contributed by atoms with E-state index in [0.29, 0.717) is 12.3 Å². The van der Waals surface area contributed by atoms with Gasteiger partial charge in [-0.2, -0.15) is 5.10 Å². The molecule has 1 aromatic heterocycles. The molecule has 0 aliphatic heterocycles. The molecule has 0 unspecified atom stereocenters. The molecule has 4 heteroatoms. The molecule has 0 radical (unpaired) electrons. The Bertz CT molecular complexity index is 444. The minimum absolute atomic E-state index is 0.354. The third-order valence-corrected chi connectivity index (χ3v) is 2.42. The largest absolute Gasteiger partial charge is 0.461 e. The summed E-state index contributed by atoms with van der Waals surface area (Å²) in [6, 6.07) is 1.74. The molecule has 0 saturated carbocycles. The highest BCUT2D eigenvalue weighted by Crippen LogP contribution is 2.22. The molecule has 1 N–H and O–H groups in total. The highest BCUT2D eigenvalue weighted by atomic mass is 16.5. The Labute approximate surface area is 94.0 Å². The topological polar surface area (TPSA) is 55.0 Å². The van der Waals surface area contributed by atoms with Crippen molar-refractivity contribution in [1.29, 1.82) is 0 Å². The SMILES string of the molecule is CCOC(=O)c1cc(C2=CC=CCC2)n[nH]1. The average molecular weight is 218 g/mol. The maximum absolute atomic E-state index is 11.4. The predicted molar refractivity (Wildman–Crippen MR) is 60.9 cm³/mol. The lowest BCUT2D eigenvalue weighted by atomic mass is 10.0. The van der Waals surface area contributed by atoms with Crippen molar-refractivity contribution in [3.63, 3.8) is 0 Å². The van der Waals surface area contributed by atoms with Gasteiger partial charge in [0.25, 0.3) is 0 Å². The second kappa shape index (κ2) is 4.79. The van der Waals surface area contributed by atoms with Crippen molar-refractivity contribution in [2.45, 2.75) is 19.8 Å². The molecule has 1 aromatic rings. The normalized spacial score (nSPS) is 14.7. The molecule has 0 saturated heterocycles. The van der Waals surface area contributed by atoms with Crippen LogP contribution in [-0.2, 0) is 4.74 Å². The second-order valence-electron chi connectivity index (χ2n) is 3.55. The third kappa shape index (κ3) is 2.21. The third-order valence-electron chi connectivity index (χ3n) is 2.42. The quantitative estimate of drug-likeness (QED) is 0.792. The van der Waals surface area contributed by atoms with Crippen molar-refractivity contribution in [2.75, 3.05) is 6.61 Å². The van der Waals surface area contributed by atoms with Gasteiger partial charge in [0.15, 0.2) is 0 Å². The summed E-state index contributed by atoms with van der Waals surface area (Å²) in [6.07, 6.45) is 8.13. The minimum atomic E-state index is -0.354. The van der Waals surface area contributed by atoms with E-state index >= 15 is 0 Å². The van der Waals surface area contributed by atoms with Crippen LogP contribution in [-0.4, -0.2) is 22.8 Å². The average Bonchev–Trinajstić information content (AvgIpc) is 2.80. The van der Waals surface area contributed by atoms with Crippen molar-refractivity contribution in [3.8, 4) is 0 Å². The number of rotatable bonds is 3. The van der Waals surface area contributed by atoms with E-state index in [1.165, 1.54) is 0 Å². The highest BCUT2D eigenvalue weighted by Gasteiger charge is 2.13. The van der Waals surface area contributed by atoms with Gasteiger partial charge in [0.2, 0.25) is 0 Å². The molecular formula is C12H14N2O2. The molecule has 1 heterocycles. The predicted octanol–water partition coefficient (Wildman–Crippen LogP) is 2.32. The Hall–Kier alpha value is -1.84. The number of carbonyl (C=O) groups excluding carboxylic acids is 1. The van der Waals surface area contributed by atoms with E-state index in [1.54, 1.807) is 13.0 Å². The van der Waals surface area contributed by atoms with Gasteiger partial charge in [-0.05, 0) is 31.4 Å². The summed E-state index contributed by atoms with van der Waals surface area (Å²) in [5.74, 6) is -0.354. The molecule has 1 aliphatic rings. The summed E-state index contributed by atoms with van der Waals surface area (Å²) in [5, 5.41) is 6.81. The van der Waals surface area contributed by atoms with Crippen LogP contribution in [0.15, 0.2) is 24.3 Å².